The second-order valence-corrected chi connectivity index (χ2v) is 5.91. The minimum atomic E-state index is -2.25. The third-order valence-electron chi connectivity index (χ3n) is 3.42. The fraction of sp³-hybridized carbons (Fsp3) is 0.533. The molecule has 1 rings (SSSR count). The molecular weight excluding hydrogens is 292 g/mol. The van der Waals surface area contributed by atoms with Crippen molar-refractivity contribution in [2.45, 2.75) is 38.5 Å². The Labute approximate surface area is 128 Å². The molecule has 0 heterocycles. The Hall–Kier alpha value is -1.40. The molecule has 1 aromatic rings. The first-order valence-electron chi connectivity index (χ1n) is 6.99. The smallest absolute Gasteiger partial charge is 0.255 e. The van der Waals surface area contributed by atoms with Gasteiger partial charge in [0.15, 0.2) is 11.1 Å². The zero-order valence-electron chi connectivity index (χ0n) is 13.2. The molecule has 0 fully saturated rings. The van der Waals surface area contributed by atoms with Crippen LogP contribution in [0.1, 0.15) is 49.5 Å². The Balaban J connectivity index is 3.59. The van der Waals surface area contributed by atoms with Gasteiger partial charge >= 0.3 is 0 Å². The van der Waals surface area contributed by atoms with Gasteiger partial charge in [-0.1, -0.05) is 13.8 Å². The minimum Gasteiger partial charge on any atom is -0.497 e. The second kappa shape index (κ2) is 7.56. The summed E-state index contributed by atoms with van der Waals surface area (Å²) < 4.78 is 26.4. The average molecular weight is 315 g/mol. The lowest BCUT2D eigenvalue weighted by Crippen LogP contribution is -2.32. The summed E-state index contributed by atoms with van der Waals surface area (Å²) in [5.74, 6) is 0.299. The van der Waals surface area contributed by atoms with Crippen LogP contribution >= 0.6 is 0 Å². The van der Waals surface area contributed by atoms with Crippen LogP contribution in [0.25, 0.3) is 0 Å². The van der Waals surface area contributed by atoms with Crippen molar-refractivity contribution in [3.8, 4) is 5.75 Å². The molecule has 0 aromatic heterocycles. The normalized spacial score (nSPS) is 12.3. The molecule has 1 N–H and O–H groups in total. The van der Waals surface area contributed by atoms with Crippen molar-refractivity contribution in [1.82, 2.24) is 4.90 Å². The first kappa shape index (κ1) is 17.7. The molecule has 1 atom stereocenters. The van der Waals surface area contributed by atoms with Gasteiger partial charge in [-0.3, -0.25) is 4.79 Å². The van der Waals surface area contributed by atoms with E-state index in [9.17, 15) is 13.6 Å². The SMILES string of the molecule is CCN(CC)[14C](=O)c1c(C(C)C)cc(OC)cc1S(=O)O. The van der Waals surface area contributed by atoms with Crippen LogP contribution in [0.5, 0.6) is 5.75 Å². The maximum absolute atomic E-state index is 12.7. The number of carbonyl (C=O) groups is 1. The van der Waals surface area contributed by atoms with Crippen LogP contribution in [0.2, 0.25) is 0 Å². The number of amides is 1. The predicted molar refractivity (Wildman–Crippen MR) is 83.4 cm³/mol. The van der Waals surface area contributed by atoms with Gasteiger partial charge in [0.25, 0.3) is 5.91 Å². The quantitative estimate of drug-likeness (QED) is 0.820. The standard InChI is InChI=1S/C15H23NO4S/c1-6-16(7-2)15(17)14-12(10(3)4)8-11(20-5)9-13(14)21(18)19/h8-10H,6-7H2,1-5H3,(H,18,19)/i15+2. The van der Waals surface area contributed by atoms with E-state index < -0.39 is 11.1 Å². The topological polar surface area (TPSA) is 66.8 Å². The first-order valence-corrected chi connectivity index (χ1v) is 8.09. The van der Waals surface area contributed by atoms with Crippen molar-refractivity contribution < 1.29 is 18.3 Å². The summed E-state index contributed by atoms with van der Waals surface area (Å²) in [6, 6.07) is 3.22. The Morgan fingerprint density at radius 2 is 1.90 bits per heavy atom. The van der Waals surface area contributed by atoms with E-state index in [0.29, 0.717) is 24.4 Å². The van der Waals surface area contributed by atoms with E-state index in [0.717, 1.165) is 5.56 Å². The van der Waals surface area contributed by atoms with Gasteiger partial charge in [-0.15, -0.1) is 0 Å². The Morgan fingerprint density at radius 1 is 1.33 bits per heavy atom. The van der Waals surface area contributed by atoms with Gasteiger partial charge in [0, 0.05) is 13.1 Å². The highest BCUT2D eigenvalue weighted by Gasteiger charge is 2.25. The van der Waals surface area contributed by atoms with Crippen molar-refractivity contribution in [2.24, 2.45) is 0 Å². The van der Waals surface area contributed by atoms with Crippen LogP contribution in [-0.2, 0) is 11.1 Å². The number of carbonyl (C=O) groups excluding carboxylic acids is 1. The molecule has 0 saturated heterocycles. The second-order valence-electron chi connectivity index (χ2n) is 4.97. The maximum Gasteiger partial charge on any atom is 0.255 e. The largest absolute Gasteiger partial charge is 0.497 e. The monoisotopic (exact) mass is 315 g/mol. The van der Waals surface area contributed by atoms with Crippen molar-refractivity contribution in [1.29, 1.82) is 0 Å². The van der Waals surface area contributed by atoms with E-state index in [1.807, 2.05) is 27.7 Å². The fourth-order valence-corrected chi connectivity index (χ4v) is 2.82. The Kier molecular flexibility index (Phi) is 6.36. The number of methoxy groups -OCH3 is 1. The summed E-state index contributed by atoms with van der Waals surface area (Å²) in [6.45, 7) is 8.76. The molecule has 1 unspecified atom stereocenters. The lowest BCUT2D eigenvalue weighted by molar-refractivity contribution is 0.0767. The van der Waals surface area contributed by atoms with E-state index in [-0.39, 0.29) is 16.7 Å². The highest BCUT2D eigenvalue weighted by molar-refractivity contribution is 7.79. The molecule has 0 bridgehead atoms. The average Bonchev–Trinajstić information content (AvgIpc) is 2.46. The summed E-state index contributed by atoms with van der Waals surface area (Å²) in [5, 5.41) is 0. The summed E-state index contributed by atoms with van der Waals surface area (Å²) in [4.78, 5) is 14.4. The van der Waals surface area contributed by atoms with Crippen LogP contribution < -0.4 is 4.74 Å². The first-order chi connectivity index (χ1) is 9.87. The molecule has 0 aliphatic carbocycles. The van der Waals surface area contributed by atoms with E-state index in [2.05, 4.69) is 0 Å². The Morgan fingerprint density at radius 3 is 2.29 bits per heavy atom. The lowest BCUT2D eigenvalue weighted by atomic mass is 10.0. The van der Waals surface area contributed by atoms with E-state index in [1.165, 1.54) is 13.2 Å². The van der Waals surface area contributed by atoms with Crippen molar-refractivity contribution in [3.05, 3.63) is 23.3 Å². The number of rotatable bonds is 6. The van der Waals surface area contributed by atoms with Gasteiger partial charge in [-0.2, -0.15) is 0 Å². The van der Waals surface area contributed by atoms with Crippen molar-refractivity contribution >= 4 is 17.0 Å². The maximum atomic E-state index is 12.7. The number of hydrogen-bond donors (Lipinski definition) is 1. The summed E-state index contributed by atoms with van der Waals surface area (Å²) in [5.41, 5.74) is 1.04. The molecule has 0 saturated carbocycles. The molecule has 0 aliphatic heterocycles. The van der Waals surface area contributed by atoms with Gasteiger partial charge in [0.05, 0.1) is 17.6 Å². The molecule has 21 heavy (non-hydrogen) atoms. The predicted octanol–water partition coefficient (Wildman–Crippen LogP) is 2.88. The molecule has 118 valence electrons. The van der Waals surface area contributed by atoms with Crippen LogP contribution in [0.15, 0.2) is 17.0 Å². The van der Waals surface area contributed by atoms with Crippen LogP contribution in [0.3, 0.4) is 0 Å². The highest BCUT2D eigenvalue weighted by Crippen LogP contribution is 2.31. The van der Waals surface area contributed by atoms with Gasteiger partial charge in [0.1, 0.15) is 5.75 Å². The van der Waals surface area contributed by atoms with Crippen LogP contribution in [-0.4, -0.2) is 39.8 Å². The number of nitrogens with zero attached hydrogens (tertiary/aromatic N) is 1. The van der Waals surface area contributed by atoms with Gasteiger partial charge in [0.2, 0.25) is 0 Å². The minimum absolute atomic E-state index is 0.0388. The van der Waals surface area contributed by atoms with E-state index >= 15 is 0 Å². The lowest BCUT2D eigenvalue weighted by Gasteiger charge is -2.23. The molecule has 6 heteroatoms. The molecule has 0 aliphatic rings. The summed E-state index contributed by atoms with van der Waals surface area (Å²) >= 11 is -2.25. The van der Waals surface area contributed by atoms with Gasteiger partial charge < -0.3 is 14.2 Å². The molecule has 5 nitrogen and oxygen atoms in total. The van der Waals surface area contributed by atoms with Crippen molar-refractivity contribution in [3.63, 3.8) is 0 Å². The fourth-order valence-electron chi connectivity index (χ4n) is 2.22. The number of ether oxygens (including phenoxy) is 1. The molecule has 1 aromatic carbocycles. The van der Waals surface area contributed by atoms with Gasteiger partial charge in [-0.25, -0.2) is 4.21 Å². The Bertz CT molecular complexity index is 539. The summed E-state index contributed by atoms with van der Waals surface area (Å²) in [7, 11) is 1.50. The third kappa shape index (κ3) is 3.83. The molecule has 0 radical (unpaired) electrons. The molecule has 1 amide bonds. The molecular formula is C15H23NO4S. The van der Waals surface area contributed by atoms with Crippen molar-refractivity contribution in [2.75, 3.05) is 20.2 Å². The number of benzene rings is 1. The third-order valence-corrected chi connectivity index (χ3v) is 4.11. The van der Waals surface area contributed by atoms with Crippen LogP contribution in [0.4, 0.5) is 0 Å². The van der Waals surface area contributed by atoms with Gasteiger partial charge in [-0.05, 0) is 37.5 Å². The van der Waals surface area contributed by atoms with Crippen LogP contribution in [0, 0.1) is 0 Å². The molecule has 0 spiro atoms. The zero-order valence-corrected chi connectivity index (χ0v) is 14.0. The number of hydrogen-bond acceptors (Lipinski definition) is 3. The highest BCUT2D eigenvalue weighted by atomic mass is 32.2. The van der Waals surface area contributed by atoms with E-state index in [1.54, 1.807) is 11.0 Å². The zero-order chi connectivity index (χ0) is 16.2. The summed E-state index contributed by atoms with van der Waals surface area (Å²) in [6.07, 6.45) is 0. The van der Waals surface area contributed by atoms with E-state index in [4.69, 9.17) is 4.74 Å².